The highest BCUT2D eigenvalue weighted by Gasteiger charge is 2.42. The summed E-state index contributed by atoms with van der Waals surface area (Å²) in [5.41, 5.74) is 1.14. The molecular weight excluding hydrogens is 528 g/mol. The molecule has 41 heavy (non-hydrogen) atoms. The van der Waals surface area contributed by atoms with Crippen LogP contribution >= 0.6 is 0 Å². The van der Waals surface area contributed by atoms with Crippen LogP contribution in [0.2, 0.25) is 0 Å². The van der Waals surface area contributed by atoms with Gasteiger partial charge in [-0.3, -0.25) is 9.59 Å². The molecule has 1 amide bonds. The van der Waals surface area contributed by atoms with Gasteiger partial charge >= 0.3 is 5.97 Å². The summed E-state index contributed by atoms with van der Waals surface area (Å²) in [5.74, 6) is -0.766. The summed E-state index contributed by atoms with van der Waals surface area (Å²) in [4.78, 5) is 38.7. The molecule has 5 atom stereocenters. The number of benzene rings is 1. The van der Waals surface area contributed by atoms with Crippen molar-refractivity contribution in [1.82, 2.24) is 5.32 Å². The quantitative estimate of drug-likeness (QED) is 0.0679. The van der Waals surface area contributed by atoms with Crippen LogP contribution in [0.15, 0.2) is 54.6 Å². The summed E-state index contributed by atoms with van der Waals surface area (Å²) < 4.78 is 5.79. The first-order valence-electron chi connectivity index (χ1n) is 14.8. The van der Waals surface area contributed by atoms with Gasteiger partial charge in [-0.15, -0.1) is 10.1 Å². The fourth-order valence-corrected chi connectivity index (χ4v) is 5.07. The molecule has 0 aromatic heterocycles. The van der Waals surface area contributed by atoms with Gasteiger partial charge in [-0.1, -0.05) is 61.1 Å². The Balaban J connectivity index is 1.93. The van der Waals surface area contributed by atoms with Crippen molar-refractivity contribution in [3.63, 3.8) is 0 Å². The molecule has 1 aliphatic rings. The molecule has 0 aliphatic heterocycles. The van der Waals surface area contributed by atoms with Gasteiger partial charge in [0.1, 0.15) is 6.10 Å². The average molecular weight is 575 g/mol. The van der Waals surface area contributed by atoms with Gasteiger partial charge in [0, 0.05) is 31.7 Å². The van der Waals surface area contributed by atoms with E-state index in [2.05, 4.69) is 10.2 Å². The topological polar surface area (TPSA) is 148 Å². The normalized spacial score (nSPS) is 21.2. The first-order valence-corrected chi connectivity index (χ1v) is 14.8. The number of rotatable bonds is 20. The standard InChI is InChI=1S/C31H46N2O8/c1-2-32-30(36)16-10-4-3-9-15-26-27(21-20-25(34)19-18-24-13-7-5-8-14-24)29(23-28(26)35)41-31(37)17-11-6-12-22-40-33(38)39/h3,5,7-9,13-14,20-21,25-29,34-35H,2,4,6,10-12,15-19,22-23H2,1H3,(H,32,36)/b9-3-,21-20+/t25-,26+,27+,28-,29?/m0/s1. The molecule has 1 aromatic carbocycles. The highest BCUT2D eigenvalue weighted by molar-refractivity contribution is 5.75. The number of unbranched alkanes of at least 4 members (excludes halogenated alkanes) is 3. The van der Waals surface area contributed by atoms with Gasteiger partial charge in [-0.05, 0) is 63.4 Å². The van der Waals surface area contributed by atoms with E-state index in [-0.39, 0.29) is 36.7 Å². The Bertz CT molecular complexity index is 968. The molecule has 0 heterocycles. The van der Waals surface area contributed by atoms with E-state index in [1.807, 2.05) is 55.5 Å². The Kier molecular flexibility index (Phi) is 16.4. The van der Waals surface area contributed by atoms with Gasteiger partial charge < -0.3 is 25.1 Å². The predicted octanol–water partition coefficient (Wildman–Crippen LogP) is 4.47. The minimum absolute atomic E-state index is 0.00251. The number of hydrogen-bond acceptors (Lipinski definition) is 8. The van der Waals surface area contributed by atoms with Gasteiger partial charge in [0.05, 0.1) is 18.8 Å². The third-order valence-corrected chi connectivity index (χ3v) is 7.25. The Morgan fingerprint density at radius 3 is 2.66 bits per heavy atom. The summed E-state index contributed by atoms with van der Waals surface area (Å²) in [5, 5.41) is 33.7. The van der Waals surface area contributed by atoms with Crippen LogP contribution in [0, 0.1) is 22.0 Å². The maximum Gasteiger partial charge on any atom is 0.306 e. The van der Waals surface area contributed by atoms with Gasteiger partial charge in [0.25, 0.3) is 5.09 Å². The van der Waals surface area contributed by atoms with E-state index in [4.69, 9.17) is 4.74 Å². The zero-order valence-electron chi connectivity index (χ0n) is 24.1. The second kappa shape index (κ2) is 19.8. The minimum Gasteiger partial charge on any atom is -0.462 e. The van der Waals surface area contributed by atoms with Crippen LogP contribution in [-0.4, -0.2) is 58.6 Å². The monoisotopic (exact) mass is 574 g/mol. The van der Waals surface area contributed by atoms with Crippen molar-refractivity contribution in [2.24, 2.45) is 11.8 Å². The lowest BCUT2D eigenvalue weighted by molar-refractivity contribution is -0.757. The molecule has 1 fully saturated rings. The summed E-state index contributed by atoms with van der Waals surface area (Å²) >= 11 is 0. The van der Waals surface area contributed by atoms with Crippen molar-refractivity contribution in [2.75, 3.05) is 13.2 Å². The molecule has 10 nitrogen and oxygen atoms in total. The molecule has 228 valence electrons. The van der Waals surface area contributed by atoms with E-state index in [1.165, 1.54) is 0 Å². The first kappa shape index (κ1) is 34.0. The number of amides is 1. The lowest BCUT2D eigenvalue weighted by Crippen LogP contribution is -2.25. The number of carbonyl (C=O) groups is 2. The second-order valence-electron chi connectivity index (χ2n) is 10.5. The smallest absolute Gasteiger partial charge is 0.306 e. The number of esters is 1. The van der Waals surface area contributed by atoms with E-state index in [0.717, 1.165) is 24.8 Å². The largest absolute Gasteiger partial charge is 0.462 e. The average Bonchev–Trinajstić information content (AvgIpc) is 3.23. The maximum atomic E-state index is 12.6. The van der Waals surface area contributed by atoms with Crippen LogP contribution in [0.1, 0.15) is 76.7 Å². The number of hydrogen-bond donors (Lipinski definition) is 3. The number of nitrogens with one attached hydrogen (secondary N) is 1. The van der Waals surface area contributed by atoms with Crippen LogP contribution < -0.4 is 5.32 Å². The molecular formula is C31H46N2O8. The number of allylic oxidation sites excluding steroid dienone is 2. The fraction of sp³-hybridized carbons (Fsp3) is 0.613. The molecule has 3 N–H and O–H groups in total. The van der Waals surface area contributed by atoms with Crippen molar-refractivity contribution in [3.8, 4) is 0 Å². The third-order valence-electron chi connectivity index (χ3n) is 7.25. The van der Waals surface area contributed by atoms with Gasteiger partial charge in [-0.2, -0.15) is 0 Å². The number of carbonyl (C=O) groups excluding carboxylic acids is 2. The molecule has 1 aliphatic carbocycles. The van der Waals surface area contributed by atoms with Crippen molar-refractivity contribution in [2.45, 2.75) is 95.9 Å². The van der Waals surface area contributed by atoms with E-state index < -0.39 is 23.4 Å². The Morgan fingerprint density at radius 1 is 1.15 bits per heavy atom. The van der Waals surface area contributed by atoms with Crippen molar-refractivity contribution in [3.05, 3.63) is 70.3 Å². The van der Waals surface area contributed by atoms with Crippen molar-refractivity contribution in [1.29, 1.82) is 0 Å². The predicted molar refractivity (Wildman–Crippen MR) is 155 cm³/mol. The zero-order valence-corrected chi connectivity index (χ0v) is 24.1. The van der Waals surface area contributed by atoms with Crippen LogP contribution in [0.4, 0.5) is 0 Å². The highest BCUT2D eigenvalue weighted by Crippen LogP contribution is 2.38. The molecule has 10 heteroatoms. The molecule has 1 aromatic rings. The summed E-state index contributed by atoms with van der Waals surface area (Å²) in [6, 6.07) is 9.93. The number of ether oxygens (including phenoxy) is 1. The lowest BCUT2D eigenvalue weighted by Gasteiger charge is -2.22. The SMILES string of the molecule is CCNC(=O)CCC/C=C\C[C@H]1[C@@H](O)CC(OC(=O)CCCCCO[N+](=O)[O-])[C@@H]1/C=C/[C@@H](O)CCc1ccccc1. The van der Waals surface area contributed by atoms with E-state index in [1.54, 1.807) is 6.08 Å². The summed E-state index contributed by atoms with van der Waals surface area (Å²) in [6.45, 7) is 2.51. The number of nitrogens with zero attached hydrogens (tertiary/aromatic N) is 1. The van der Waals surface area contributed by atoms with Gasteiger partial charge in [-0.25, -0.2) is 0 Å². The maximum absolute atomic E-state index is 12.6. The molecule has 2 rings (SSSR count). The number of aryl methyl sites for hydroxylation is 1. The Labute approximate surface area is 242 Å². The van der Waals surface area contributed by atoms with E-state index >= 15 is 0 Å². The number of aliphatic hydroxyl groups excluding tert-OH is 2. The van der Waals surface area contributed by atoms with Gasteiger partial charge in [0.2, 0.25) is 5.91 Å². The van der Waals surface area contributed by atoms with Crippen molar-refractivity contribution < 1.29 is 34.5 Å². The first-order chi connectivity index (χ1) is 19.8. The minimum atomic E-state index is -0.830. The fourth-order valence-electron chi connectivity index (χ4n) is 5.07. The van der Waals surface area contributed by atoms with Crippen LogP contribution in [0.25, 0.3) is 0 Å². The molecule has 0 bridgehead atoms. The third kappa shape index (κ3) is 14.3. The second-order valence-corrected chi connectivity index (χ2v) is 10.5. The molecule has 0 spiro atoms. The van der Waals surface area contributed by atoms with Crippen LogP contribution in [0.3, 0.4) is 0 Å². The Morgan fingerprint density at radius 2 is 1.93 bits per heavy atom. The van der Waals surface area contributed by atoms with E-state index in [9.17, 15) is 29.9 Å². The highest BCUT2D eigenvalue weighted by atomic mass is 16.9. The molecule has 1 unspecified atom stereocenters. The summed E-state index contributed by atoms with van der Waals surface area (Å²) in [6.07, 6.45) is 11.7. The van der Waals surface area contributed by atoms with Gasteiger partial charge in [0.15, 0.2) is 0 Å². The van der Waals surface area contributed by atoms with Crippen LogP contribution in [-0.2, 0) is 25.6 Å². The van der Waals surface area contributed by atoms with Crippen LogP contribution in [0.5, 0.6) is 0 Å². The Hall–Kier alpha value is -3.24. The summed E-state index contributed by atoms with van der Waals surface area (Å²) in [7, 11) is 0. The zero-order chi connectivity index (χ0) is 29.9. The molecule has 0 saturated heterocycles. The number of aliphatic hydroxyl groups is 2. The van der Waals surface area contributed by atoms with E-state index in [0.29, 0.717) is 51.5 Å². The molecule has 1 saturated carbocycles. The lowest BCUT2D eigenvalue weighted by atomic mass is 9.89. The molecule has 0 radical (unpaired) electrons. The van der Waals surface area contributed by atoms with Crippen molar-refractivity contribution >= 4 is 11.9 Å².